The zero-order chi connectivity index (χ0) is 22.8. The van der Waals surface area contributed by atoms with Gasteiger partial charge in [-0.05, 0) is 61.6 Å². The van der Waals surface area contributed by atoms with E-state index in [0.717, 1.165) is 18.0 Å². The molecule has 0 unspecified atom stereocenters. The Kier molecular flexibility index (Phi) is 6.10. The molecule has 32 heavy (non-hydrogen) atoms. The zero-order valence-electron chi connectivity index (χ0n) is 18.5. The fourth-order valence-corrected chi connectivity index (χ4v) is 3.88. The lowest BCUT2D eigenvalue weighted by molar-refractivity contribution is 0.0599. The molecule has 3 aromatic rings. The average Bonchev–Trinajstić information content (AvgIpc) is 3.52. The van der Waals surface area contributed by atoms with E-state index in [4.69, 9.17) is 4.74 Å². The van der Waals surface area contributed by atoms with E-state index in [1.165, 1.54) is 31.4 Å². The Balaban J connectivity index is 1.66. The number of hydrogen-bond donors (Lipinski definition) is 2. The number of carbonyl (C=O) groups is 3. The number of hydrogen-bond acceptors (Lipinski definition) is 5. The molecular weight excluding hydrogens is 406 g/mol. The Labute approximate surface area is 186 Å². The van der Waals surface area contributed by atoms with Gasteiger partial charge in [-0.25, -0.2) is 4.79 Å². The quantitative estimate of drug-likeness (QED) is 0.547. The monoisotopic (exact) mass is 433 g/mol. The molecule has 0 saturated heterocycles. The molecule has 7 nitrogen and oxygen atoms in total. The minimum atomic E-state index is -0.449. The van der Waals surface area contributed by atoms with Gasteiger partial charge in [0.25, 0.3) is 5.91 Å². The van der Waals surface area contributed by atoms with Gasteiger partial charge in [0.05, 0.1) is 23.8 Å². The summed E-state index contributed by atoms with van der Waals surface area (Å²) in [6.45, 7) is 4.77. The Hall–Kier alpha value is -3.45. The van der Waals surface area contributed by atoms with Gasteiger partial charge >= 0.3 is 5.97 Å². The van der Waals surface area contributed by atoms with Crippen LogP contribution in [0.1, 0.15) is 56.4 Å². The summed E-state index contributed by atoms with van der Waals surface area (Å²) in [6.07, 6.45) is 4.06. The van der Waals surface area contributed by atoms with E-state index in [-0.39, 0.29) is 11.8 Å². The molecule has 1 saturated carbocycles. The van der Waals surface area contributed by atoms with Crippen LogP contribution in [0.3, 0.4) is 0 Å². The van der Waals surface area contributed by atoms with Crippen molar-refractivity contribution in [2.45, 2.75) is 33.2 Å². The van der Waals surface area contributed by atoms with Gasteiger partial charge in [-0.2, -0.15) is 0 Å². The Morgan fingerprint density at radius 2 is 1.88 bits per heavy atom. The third-order valence-corrected chi connectivity index (χ3v) is 5.88. The summed E-state index contributed by atoms with van der Waals surface area (Å²) in [6, 6.07) is 11.0. The van der Waals surface area contributed by atoms with Gasteiger partial charge in [-0.15, -0.1) is 0 Å². The highest BCUT2D eigenvalue weighted by Gasteiger charge is 2.22. The van der Waals surface area contributed by atoms with Crippen molar-refractivity contribution in [1.29, 1.82) is 0 Å². The lowest BCUT2D eigenvalue weighted by Gasteiger charge is -2.15. The first-order valence-electron chi connectivity index (χ1n) is 10.7. The largest absolute Gasteiger partial charge is 0.465 e. The van der Waals surface area contributed by atoms with Crippen molar-refractivity contribution in [3.05, 3.63) is 64.8 Å². The molecule has 4 rings (SSSR count). The molecule has 0 bridgehead atoms. The number of aromatic nitrogens is 1. The number of nitrogens with zero attached hydrogens (tertiary/aromatic N) is 1. The molecule has 1 heterocycles. The van der Waals surface area contributed by atoms with E-state index in [1.807, 2.05) is 24.3 Å². The maximum atomic E-state index is 13.2. The van der Waals surface area contributed by atoms with Crippen LogP contribution in [0, 0.1) is 12.8 Å². The number of ether oxygens (including phenoxy) is 1. The van der Waals surface area contributed by atoms with Crippen molar-refractivity contribution in [2.24, 2.45) is 5.92 Å². The maximum Gasteiger partial charge on any atom is 0.338 e. The van der Waals surface area contributed by atoms with Crippen LogP contribution in [-0.4, -0.2) is 36.0 Å². The number of para-hydroxylation sites is 1. The SMILES string of the molecule is COC(=O)c1cc(CNCC2CC2)cc(NC(=O)c2cn(C(C)=O)c3ccccc23)c1C. The van der Waals surface area contributed by atoms with Crippen LogP contribution < -0.4 is 10.6 Å². The van der Waals surface area contributed by atoms with Crippen LogP contribution in [0.2, 0.25) is 0 Å². The van der Waals surface area contributed by atoms with Gasteiger partial charge in [-0.3, -0.25) is 14.2 Å². The number of benzene rings is 2. The highest BCUT2D eigenvalue weighted by Crippen LogP contribution is 2.29. The molecule has 0 spiro atoms. The number of nitrogens with one attached hydrogen (secondary N) is 2. The minimum absolute atomic E-state index is 0.173. The van der Waals surface area contributed by atoms with Crippen molar-refractivity contribution in [2.75, 3.05) is 19.0 Å². The van der Waals surface area contributed by atoms with Crippen molar-refractivity contribution in [3.63, 3.8) is 0 Å². The van der Waals surface area contributed by atoms with E-state index >= 15 is 0 Å². The van der Waals surface area contributed by atoms with Gasteiger partial charge < -0.3 is 15.4 Å². The molecule has 0 radical (unpaired) electrons. The van der Waals surface area contributed by atoms with Crippen LogP contribution in [0.25, 0.3) is 10.9 Å². The standard InChI is InChI=1S/C25H27N3O4/c1-15-20(25(31)32-3)10-18(13-26-12-17-8-9-17)11-22(15)27-24(30)21-14-28(16(2)29)23-7-5-4-6-19(21)23/h4-7,10-11,14,17,26H,8-9,12-13H2,1-3H3,(H,27,30). The second-order valence-corrected chi connectivity index (χ2v) is 8.28. The predicted octanol–water partition coefficient (Wildman–Crippen LogP) is 4.15. The number of esters is 1. The molecule has 0 atom stereocenters. The normalized spacial score (nSPS) is 13.2. The number of carbonyl (C=O) groups excluding carboxylic acids is 3. The van der Waals surface area contributed by atoms with Crippen LogP contribution in [0.4, 0.5) is 5.69 Å². The molecule has 1 aromatic heterocycles. The Morgan fingerprint density at radius 1 is 1.12 bits per heavy atom. The topological polar surface area (TPSA) is 89.4 Å². The summed E-state index contributed by atoms with van der Waals surface area (Å²) in [5, 5.41) is 7.05. The van der Waals surface area contributed by atoms with Gasteiger partial charge in [0.2, 0.25) is 5.91 Å². The van der Waals surface area contributed by atoms with Gasteiger partial charge in [0.1, 0.15) is 0 Å². The Bertz CT molecular complexity index is 1210. The summed E-state index contributed by atoms with van der Waals surface area (Å²) in [5.74, 6) is -0.232. The number of methoxy groups -OCH3 is 1. The summed E-state index contributed by atoms with van der Waals surface area (Å²) < 4.78 is 6.41. The molecule has 1 aliphatic carbocycles. The van der Waals surface area contributed by atoms with E-state index in [1.54, 1.807) is 25.3 Å². The summed E-state index contributed by atoms with van der Waals surface area (Å²) in [7, 11) is 1.34. The fraction of sp³-hybridized carbons (Fsp3) is 0.320. The van der Waals surface area contributed by atoms with E-state index in [0.29, 0.717) is 39.8 Å². The number of amides is 1. The highest BCUT2D eigenvalue weighted by atomic mass is 16.5. The van der Waals surface area contributed by atoms with E-state index < -0.39 is 5.97 Å². The second kappa shape index (κ2) is 8.96. The lowest BCUT2D eigenvalue weighted by atomic mass is 10.0. The summed E-state index contributed by atoms with van der Waals surface area (Å²) >= 11 is 0. The first kappa shape index (κ1) is 21.8. The second-order valence-electron chi connectivity index (χ2n) is 8.28. The first-order valence-corrected chi connectivity index (χ1v) is 10.7. The minimum Gasteiger partial charge on any atom is -0.465 e. The first-order chi connectivity index (χ1) is 15.4. The third kappa shape index (κ3) is 4.43. The molecule has 166 valence electrons. The highest BCUT2D eigenvalue weighted by molar-refractivity contribution is 6.14. The van der Waals surface area contributed by atoms with Crippen LogP contribution in [-0.2, 0) is 11.3 Å². The fourth-order valence-electron chi connectivity index (χ4n) is 3.88. The van der Waals surface area contributed by atoms with Crippen LogP contribution in [0.5, 0.6) is 0 Å². The molecule has 0 aliphatic heterocycles. The molecular formula is C25H27N3O4. The lowest BCUT2D eigenvalue weighted by Crippen LogP contribution is -2.19. The third-order valence-electron chi connectivity index (χ3n) is 5.88. The molecule has 7 heteroatoms. The van der Waals surface area contributed by atoms with Crippen LogP contribution in [0.15, 0.2) is 42.6 Å². The zero-order valence-corrected chi connectivity index (χ0v) is 18.5. The van der Waals surface area contributed by atoms with Crippen molar-refractivity contribution in [3.8, 4) is 0 Å². The molecule has 1 amide bonds. The number of fused-ring (bicyclic) bond motifs is 1. The van der Waals surface area contributed by atoms with Crippen LogP contribution >= 0.6 is 0 Å². The summed E-state index contributed by atoms with van der Waals surface area (Å²) in [4.78, 5) is 37.6. The van der Waals surface area contributed by atoms with E-state index in [9.17, 15) is 14.4 Å². The van der Waals surface area contributed by atoms with Gasteiger partial charge in [0.15, 0.2) is 0 Å². The van der Waals surface area contributed by atoms with Crippen molar-refractivity contribution >= 4 is 34.4 Å². The van der Waals surface area contributed by atoms with Crippen molar-refractivity contribution in [1.82, 2.24) is 9.88 Å². The molecule has 2 N–H and O–H groups in total. The smallest absolute Gasteiger partial charge is 0.338 e. The molecule has 1 aliphatic rings. The predicted molar refractivity (Wildman–Crippen MR) is 123 cm³/mol. The molecule has 2 aromatic carbocycles. The maximum absolute atomic E-state index is 13.2. The molecule has 1 fully saturated rings. The van der Waals surface area contributed by atoms with E-state index in [2.05, 4.69) is 10.6 Å². The van der Waals surface area contributed by atoms with Gasteiger partial charge in [-0.1, -0.05) is 18.2 Å². The Morgan fingerprint density at radius 3 is 2.56 bits per heavy atom. The number of rotatable bonds is 7. The number of anilines is 1. The van der Waals surface area contributed by atoms with Gasteiger partial charge in [0, 0.05) is 30.7 Å². The summed E-state index contributed by atoms with van der Waals surface area (Å²) in [5.41, 5.74) is 3.55. The average molecular weight is 434 g/mol. The van der Waals surface area contributed by atoms with Crippen molar-refractivity contribution < 1.29 is 19.1 Å².